The van der Waals surface area contributed by atoms with Crippen molar-refractivity contribution in [2.45, 2.75) is 18.9 Å². The van der Waals surface area contributed by atoms with Crippen molar-refractivity contribution in [1.29, 1.82) is 0 Å². The lowest BCUT2D eigenvalue weighted by molar-refractivity contribution is 0.234. The Morgan fingerprint density at radius 1 is 1.64 bits per heavy atom. The first-order valence-electron chi connectivity index (χ1n) is 5.02. The summed E-state index contributed by atoms with van der Waals surface area (Å²) in [4.78, 5) is 3.71. The molecule has 1 heterocycles. The van der Waals surface area contributed by atoms with Gasteiger partial charge in [-0.3, -0.25) is 0 Å². The van der Waals surface area contributed by atoms with Gasteiger partial charge in [0.1, 0.15) is 0 Å². The van der Waals surface area contributed by atoms with Crippen molar-refractivity contribution in [1.82, 2.24) is 9.27 Å². The summed E-state index contributed by atoms with van der Waals surface area (Å²) in [5.74, 6) is 0.635. The van der Waals surface area contributed by atoms with Crippen LogP contribution in [0.4, 0.5) is 0 Å². The van der Waals surface area contributed by atoms with Crippen LogP contribution >= 0.6 is 11.5 Å². The van der Waals surface area contributed by atoms with E-state index >= 15 is 0 Å². The lowest BCUT2D eigenvalue weighted by atomic mass is 9.85. The molecular weight excluding hydrogens is 194 g/mol. The molecule has 0 amide bonds. The lowest BCUT2D eigenvalue weighted by Gasteiger charge is -2.32. The molecule has 2 rings (SSSR count). The molecule has 2 atom stereocenters. The van der Waals surface area contributed by atoms with Gasteiger partial charge >= 0.3 is 0 Å². The molecule has 2 N–H and O–H groups in total. The maximum atomic E-state index is 5.76. The molecule has 4 heteroatoms. The first kappa shape index (κ1) is 10.1. The summed E-state index contributed by atoms with van der Waals surface area (Å²) in [7, 11) is 4.26. The van der Waals surface area contributed by atoms with E-state index in [0.717, 1.165) is 13.0 Å². The Morgan fingerprint density at radius 3 is 3.07 bits per heavy atom. The molecule has 0 spiro atoms. The highest BCUT2D eigenvalue weighted by atomic mass is 32.1. The van der Waals surface area contributed by atoms with Gasteiger partial charge in [-0.2, -0.15) is 0 Å². The van der Waals surface area contributed by atoms with Crippen LogP contribution in [0.3, 0.4) is 0 Å². The van der Waals surface area contributed by atoms with E-state index in [-0.39, 0.29) is 0 Å². The van der Waals surface area contributed by atoms with Crippen molar-refractivity contribution in [3.05, 3.63) is 16.6 Å². The number of nitrogens with two attached hydrogens (primary N) is 1. The van der Waals surface area contributed by atoms with Gasteiger partial charge in [-0.25, -0.2) is 4.37 Å². The number of nitrogens with zero attached hydrogens (tertiary/aromatic N) is 2. The second-order valence-corrected chi connectivity index (χ2v) is 5.11. The third kappa shape index (κ3) is 1.69. The zero-order valence-corrected chi connectivity index (χ0v) is 9.55. The van der Waals surface area contributed by atoms with Gasteiger partial charge < -0.3 is 10.6 Å². The number of aromatic nitrogens is 1. The lowest BCUT2D eigenvalue weighted by Crippen LogP contribution is -2.30. The van der Waals surface area contributed by atoms with Crippen LogP contribution in [0.15, 0.2) is 6.20 Å². The Morgan fingerprint density at radius 2 is 2.43 bits per heavy atom. The highest BCUT2D eigenvalue weighted by molar-refractivity contribution is 7.05. The zero-order valence-electron chi connectivity index (χ0n) is 8.73. The molecular formula is C10H17N3S. The number of rotatable bonds is 2. The summed E-state index contributed by atoms with van der Waals surface area (Å²) in [6, 6.07) is 0.519. The van der Waals surface area contributed by atoms with Crippen LogP contribution in [0.25, 0.3) is 0 Å². The van der Waals surface area contributed by atoms with E-state index in [0.29, 0.717) is 12.0 Å². The number of hydrogen-bond donors (Lipinski definition) is 1. The van der Waals surface area contributed by atoms with Gasteiger partial charge in [0, 0.05) is 22.7 Å². The fraction of sp³-hybridized carbons (Fsp3) is 0.700. The Balaban J connectivity index is 2.27. The monoisotopic (exact) mass is 211 g/mol. The molecule has 0 bridgehead atoms. The smallest absolute Gasteiger partial charge is 0.0457 e. The molecule has 0 aliphatic heterocycles. The summed E-state index contributed by atoms with van der Waals surface area (Å²) in [5.41, 5.74) is 7.18. The van der Waals surface area contributed by atoms with E-state index < -0.39 is 0 Å². The molecule has 0 aromatic carbocycles. The van der Waals surface area contributed by atoms with Crippen LogP contribution in [0.5, 0.6) is 0 Å². The van der Waals surface area contributed by atoms with E-state index in [9.17, 15) is 0 Å². The average molecular weight is 211 g/mol. The molecule has 0 saturated heterocycles. The minimum absolute atomic E-state index is 0.519. The zero-order chi connectivity index (χ0) is 10.1. The standard InChI is InChI=1S/C10H17N3S/c1-13(2)9-3-7(5-11)4-10-8(9)6-12-14-10/h6-7,9H,3-5,11H2,1-2H3. The van der Waals surface area contributed by atoms with Gasteiger partial charge in [-0.1, -0.05) is 0 Å². The summed E-state index contributed by atoms with van der Waals surface area (Å²) < 4.78 is 4.28. The largest absolute Gasteiger partial charge is 0.330 e. The molecule has 78 valence electrons. The topological polar surface area (TPSA) is 42.1 Å². The molecule has 0 fully saturated rings. The third-order valence-electron chi connectivity index (χ3n) is 3.02. The Kier molecular flexibility index (Phi) is 2.85. The van der Waals surface area contributed by atoms with Crippen LogP contribution in [0.1, 0.15) is 22.9 Å². The maximum Gasteiger partial charge on any atom is 0.0457 e. The first-order chi connectivity index (χ1) is 6.72. The molecule has 2 unspecified atom stereocenters. The fourth-order valence-corrected chi connectivity index (χ4v) is 3.05. The number of hydrogen-bond acceptors (Lipinski definition) is 4. The molecule has 1 aromatic rings. The highest BCUT2D eigenvalue weighted by Crippen LogP contribution is 2.37. The third-order valence-corrected chi connectivity index (χ3v) is 3.86. The van der Waals surface area contributed by atoms with E-state index in [1.54, 1.807) is 11.5 Å². The van der Waals surface area contributed by atoms with Crippen LogP contribution in [-0.2, 0) is 6.42 Å². The van der Waals surface area contributed by atoms with Crippen molar-refractivity contribution in [2.75, 3.05) is 20.6 Å². The van der Waals surface area contributed by atoms with E-state index in [2.05, 4.69) is 23.4 Å². The van der Waals surface area contributed by atoms with Crippen LogP contribution < -0.4 is 5.73 Å². The summed E-state index contributed by atoms with van der Waals surface area (Å²) in [6.07, 6.45) is 4.33. The SMILES string of the molecule is CN(C)C1CC(CN)Cc2sncc21. The summed E-state index contributed by atoms with van der Waals surface area (Å²) in [5, 5.41) is 0. The molecule has 0 saturated carbocycles. The van der Waals surface area contributed by atoms with Gasteiger partial charge in [0.05, 0.1) is 0 Å². The van der Waals surface area contributed by atoms with Gasteiger partial charge in [0.2, 0.25) is 0 Å². The van der Waals surface area contributed by atoms with Crippen LogP contribution in [0, 0.1) is 5.92 Å². The minimum atomic E-state index is 0.519. The summed E-state index contributed by atoms with van der Waals surface area (Å²) in [6.45, 7) is 0.793. The second kappa shape index (κ2) is 3.96. The van der Waals surface area contributed by atoms with E-state index in [1.165, 1.54) is 16.9 Å². The first-order valence-corrected chi connectivity index (χ1v) is 5.79. The Hall–Kier alpha value is -0.450. The molecule has 3 nitrogen and oxygen atoms in total. The van der Waals surface area contributed by atoms with Crippen molar-refractivity contribution in [3.63, 3.8) is 0 Å². The predicted molar refractivity (Wildman–Crippen MR) is 59.4 cm³/mol. The average Bonchev–Trinajstić information content (AvgIpc) is 2.63. The molecule has 1 aliphatic carbocycles. The molecule has 1 aromatic heterocycles. The van der Waals surface area contributed by atoms with Crippen LogP contribution in [-0.4, -0.2) is 29.9 Å². The van der Waals surface area contributed by atoms with Crippen molar-refractivity contribution in [3.8, 4) is 0 Å². The van der Waals surface area contributed by atoms with Crippen LogP contribution in [0.2, 0.25) is 0 Å². The molecule has 14 heavy (non-hydrogen) atoms. The maximum absolute atomic E-state index is 5.76. The van der Waals surface area contributed by atoms with Gasteiger partial charge in [-0.05, 0) is 50.9 Å². The van der Waals surface area contributed by atoms with Crippen molar-refractivity contribution in [2.24, 2.45) is 11.7 Å². The van der Waals surface area contributed by atoms with E-state index in [4.69, 9.17) is 5.73 Å². The minimum Gasteiger partial charge on any atom is -0.330 e. The summed E-state index contributed by atoms with van der Waals surface area (Å²) >= 11 is 1.63. The Labute approximate surface area is 89.1 Å². The predicted octanol–water partition coefficient (Wildman–Crippen LogP) is 1.27. The van der Waals surface area contributed by atoms with Gasteiger partial charge in [0.25, 0.3) is 0 Å². The highest BCUT2D eigenvalue weighted by Gasteiger charge is 2.28. The Bertz CT molecular complexity index is 308. The normalized spacial score (nSPS) is 26.6. The van der Waals surface area contributed by atoms with Gasteiger partial charge in [0.15, 0.2) is 0 Å². The number of fused-ring (bicyclic) bond motifs is 1. The van der Waals surface area contributed by atoms with E-state index in [1.807, 2.05) is 6.20 Å². The quantitative estimate of drug-likeness (QED) is 0.801. The van der Waals surface area contributed by atoms with Gasteiger partial charge in [-0.15, -0.1) is 0 Å². The van der Waals surface area contributed by atoms with Crippen molar-refractivity contribution < 1.29 is 0 Å². The molecule has 1 aliphatic rings. The second-order valence-electron chi connectivity index (χ2n) is 4.23. The van der Waals surface area contributed by atoms with Crippen molar-refractivity contribution >= 4 is 11.5 Å². The molecule has 0 radical (unpaired) electrons. The fourth-order valence-electron chi connectivity index (χ4n) is 2.16.